The summed E-state index contributed by atoms with van der Waals surface area (Å²) in [5.74, 6) is -0.209. The molecule has 1 aromatic carbocycles. The van der Waals surface area contributed by atoms with Crippen molar-refractivity contribution < 1.29 is 24.8 Å². The fourth-order valence-electron chi connectivity index (χ4n) is 2.93. The molecule has 1 fully saturated rings. The monoisotopic (exact) mass is 408 g/mol. The molecule has 25 heavy (non-hydrogen) atoms. The van der Waals surface area contributed by atoms with Gasteiger partial charge in [0.1, 0.15) is 23.5 Å². The van der Waals surface area contributed by atoms with Crippen LogP contribution in [0.25, 0.3) is 10.9 Å². The number of benzene rings is 1. The molecular formula is C15H15Cl3N2O5. The topological polar surface area (TPSA) is 108 Å². The second-order valence-electron chi connectivity index (χ2n) is 5.58. The summed E-state index contributed by atoms with van der Waals surface area (Å²) in [5, 5.41) is 38.6. The summed E-state index contributed by atoms with van der Waals surface area (Å²) >= 11 is 18.6. The molecule has 0 aliphatic carbocycles. The van der Waals surface area contributed by atoms with E-state index in [0.29, 0.717) is 10.9 Å². The van der Waals surface area contributed by atoms with E-state index in [4.69, 9.17) is 49.7 Å². The van der Waals surface area contributed by atoms with E-state index in [0.717, 1.165) is 0 Å². The Morgan fingerprint density at radius 2 is 1.88 bits per heavy atom. The van der Waals surface area contributed by atoms with Crippen LogP contribution in [0.5, 0.6) is 0 Å². The quantitative estimate of drug-likeness (QED) is 0.459. The van der Waals surface area contributed by atoms with Crippen molar-refractivity contribution in [1.82, 2.24) is 4.57 Å². The maximum Gasteiger partial charge on any atom is 0.216 e. The molecule has 136 valence electrons. The molecule has 0 bridgehead atoms. The zero-order valence-electron chi connectivity index (χ0n) is 12.9. The predicted molar refractivity (Wildman–Crippen MR) is 93.8 cm³/mol. The minimum atomic E-state index is -1.34. The number of nitrogens with one attached hydrogen (secondary N) is 1. The first-order valence-electron chi connectivity index (χ1n) is 7.25. The van der Waals surface area contributed by atoms with Gasteiger partial charge in [-0.1, -0.05) is 34.8 Å². The third-order valence-electron chi connectivity index (χ3n) is 4.19. The molecule has 2 heterocycles. The Labute approximate surface area is 157 Å². The second kappa shape index (κ2) is 6.92. The number of hydrogen-bond acceptors (Lipinski definition) is 6. The van der Waals surface area contributed by atoms with Crippen LogP contribution in [0.2, 0.25) is 15.2 Å². The maximum absolute atomic E-state index is 10.3. The lowest BCUT2D eigenvalue weighted by molar-refractivity contribution is -0.0505. The number of ether oxygens (including phenoxy) is 2. The van der Waals surface area contributed by atoms with Crippen LogP contribution in [0.15, 0.2) is 12.1 Å². The molecule has 1 aliphatic heterocycles. The number of aliphatic hydroxyl groups is 3. The minimum absolute atomic E-state index is 0.0509. The highest BCUT2D eigenvalue weighted by Gasteiger charge is 2.45. The van der Waals surface area contributed by atoms with Crippen LogP contribution in [0, 0.1) is 5.41 Å². The highest BCUT2D eigenvalue weighted by Crippen LogP contribution is 2.41. The number of aliphatic hydroxyl groups excluding tert-OH is 3. The molecule has 0 saturated carbocycles. The first-order chi connectivity index (χ1) is 11.8. The second-order valence-corrected chi connectivity index (χ2v) is 6.75. The van der Waals surface area contributed by atoms with Crippen LogP contribution >= 0.6 is 34.8 Å². The van der Waals surface area contributed by atoms with Crippen molar-refractivity contribution in [2.75, 3.05) is 13.7 Å². The SMILES string of the molecule is COC(=N)c1c(Cl)n([C@@H]2O[C@H](CO)[C@@H](O)[C@H]2O)c2cc(Cl)c(Cl)cc12. The lowest BCUT2D eigenvalue weighted by Crippen LogP contribution is -2.33. The number of rotatable bonds is 3. The molecule has 2 aromatic rings. The van der Waals surface area contributed by atoms with Crippen molar-refractivity contribution in [2.24, 2.45) is 0 Å². The summed E-state index contributed by atoms with van der Waals surface area (Å²) in [6, 6.07) is 3.05. The van der Waals surface area contributed by atoms with E-state index in [2.05, 4.69) is 0 Å². The molecule has 0 radical (unpaired) electrons. The average molecular weight is 410 g/mol. The van der Waals surface area contributed by atoms with E-state index in [9.17, 15) is 15.3 Å². The van der Waals surface area contributed by atoms with Gasteiger partial charge in [0.25, 0.3) is 0 Å². The fraction of sp³-hybridized carbons (Fsp3) is 0.400. The van der Waals surface area contributed by atoms with Crippen LogP contribution in [0.1, 0.15) is 11.8 Å². The fourth-order valence-corrected chi connectivity index (χ4v) is 3.63. The molecule has 1 aromatic heterocycles. The highest BCUT2D eigenvalue weighted by molar-refractivity contribution is 6.43. The summed E-state index contributed by atoms with van der Waals surface area (Å²) in [4.78, 5) is 0. The van der Waals surface area contributed by atoms with Gasteiger partial charge in [-0.25, -0.2) is 0 Å². The molecular weight excluding hydrogens is 395 g/mol. The largest absolute Gasteiger partial charge is 0.481 e. The zero-order valence-corrected chi connectivity index (χ0v) is 15.2. The Hall–Kier alpha value is -1.06. The standard InChI is InChI=1S/C15H15Cl3N2O5/c1-24-14(19)10-5-2-6(16)7(17)3-8(5)20(13(10)18)15-12(23)11(22)9(4-21)25-15/h2-3,9,11-12,15,19,21-23H,4H2,1H3/t9-,11-,12-,15-/m1/s1. The van der Waals surface area contributed by atoms with Crippen molar-refractivity contribution >= 4 is 51.6 Å². The van der Waals surface area contributed by atoms with Crippen LogP contribution in [-0.2, 0) is 9.47 Å². The smallest absolute Gasteiger partial charge is 0.216 e. The van der Waals surface area contributed by atoms with Crippen LogP contribution < -0.4 is 0 Å². The van der Waals surface area contributed by atoms with E-state index >= 15 is 0 Å². The number of halogens is 3. The average Bonchev–Trinajstić information content (AvgIpc) is 3.01. The van der Waals surface area contributed by atoms with Gasteiger partial charge in [-0.3, -0.25) is 5.41 Å². The molecule has 0 spiro atoms. The molecule has 4 N–H and O–H groups in total. The normalized spacial score (nSPS) is 26.4. The number of aromatic nitrogens is 1. The lowest BCUT2D eigenvalue weighted by atomic mass is 10.1. The zero-order chi connectivity index (χ0) is 18.5. The van der Waals surface area contributed by atoms with Gasteiger partial charge in [-0.15, -0.1) is 0 Å². The van der Waals surface area contributed by atoms with Crippen LogP contribution in [-0.4, -0.2) is 57.8 Å². The van der Waals surface area contributed by atoms with Gasteiger partial charge in [-0.05, 0) is 12.1 Å². The Morgan fingerprint density at radius 1 is 1.24 bits per heavy atom. The lowest BCUT2D eigenvalue weighted by Gasteiger charge is -2.19. The molecule has 1 saturated heterocycles. The van der Waals surface area contributed by atoms with Gasteiger partial charge < -0.3 is 29.4 Å². The van der Waals surface area contributed by atoms with Gasteiger partial charge >= 0.3 is 0 Å². The van der Waals surface area contributed by atoms with Crippen molar-refractivity contribution in [2.45, 2.75) is 24.5 Å². The molecule has 0 amide bonds. The third kappa shape index (κ3) is 2.90. The molecule has 3 rings (SSSR count). The first kappa shape index (κ1) is 18.7. The van der Waals surface area contributed by atoms with Crippen molar-refractivity contribution in [3.05, 3.63) is 32.9 Å². The number of fused-ring (bicyclic) bond motifs is 1. The molecule has 4 atom stereocenters. The minimum Gasteiger partial charge on any atom is -0.481 e. The predicted octanol–water partition coefficient (Wildman–Crippen LogP) is 2.18. The first-order valence-corrected chi connectivity index (χ1v) is 8.39. The van der Waals surface area contributed by atoms with Gasteiger partial charge in [0.15, 0.2) is 6.23 Å². The summed E-state index contributed by atoms with van der Waals surface area (Å²) in [6.07, 6.45) is -4.69. The Balaban J connectivity index is 2.27. The molecule has 10 heteroatoms. The summed E-state index contributed by atoms with van der Waals surface area (Å²) in [5.41, 5.74) is 0.682. The summed E-state index contributed by atoms with van der Waals surface area (Å²) in [7, 11) is 1.33. The number of hydrogen-bond donors (Lipinski definition) is 4. The van der Waals surface area contributed by atoms with E-state index < -0.39 is 31.1 Å². The maximum atomic E-state index is 10.3. The third-order valence-corrected chi connectivity index (χ3v) is 5.28. The van der Waals surface area contributed by atoms with Crippen molar-refractivity contribution in [3.63, 3.8) is 0 Å². The number of nitrogens with zero attached hydrogens (tertiary/aromatic N) is 1. The molecule has 7 nitrogen and oxygen atoms in total. The van der Waals surface area contributed by atoms with E-state index in [1.54, 1.807) is 0 Å². The Morgan fingerprint density at radius 3 is 2.44 bits per heavy atom. The Kier molecular flexibility index (Phi) is 5.18. The highest BCUT2D eigenvalue weighted by atomic mass is 35.5. The number of methoxy groups -OCH3 is 1. The molecule has 0 unspecified atom stereocenters. The van der Waals surface area contributed by atoms with Gasteiger partial charge in [0.05, 0.1) is 34.8 Å². The summed E-state index contributed by atoms with van der Waals surface area (Å²) in [6.45, 7) is -0.473. The van der Waals surface area contributed by atoms with E-state index in [1.807, 2.05) is 0 Å². The Bertz CT molecular complexity index is 840. The van der Waals surface area contributed by atoms with Gasteiger partial charge in [-0.2, -0.15) is 0 Å². The van der Waals surface area contributed by atoms with Crippen LogP contribution in [0.3, 0.4) is 0 Å². The van der Waals surface area contributed by atoms with E-state index in [1.165, 1.54) is 23.8 Å². The van der Waals surface area contributed by atoms with E-state index in [-0.39, 0.29) is 26.7 Å². The van der Waals surface area contributed by atoms with Crippen molar-refractivity contribution in [3.8, 4) is 0 Å². The summed E-state index contributed by atoms with van der Waals surface area (Å²) < 4.78 is 11.9. The van der Waals surface area contributed by atoms with Crippen molar-refractivity contribution in [1.29, 1.82) is 5.41 Å². The van der Waals surface area contributed by atoms with Gasteiger partial charge in [0, 0.05) is 5.39 Å². The molecule has 1 aliphatic rings. The van der Waals surface area contributed by atoms with Crippen LogP contribution in [0.4, 0.5) is 0 Å². The van der Waals surface area contributed by atoms with Gasteiger partial charge in [0.2, 0.25) is 5.90 Å².